The second kappa shape index (κ2) is 16.1. The first-order chi connectivity index (χ1) is 9.06. The molecule has 0 amide bonds. The van der Waals surface area contributed by atoms with Crippen molar-refractivity contribution < 1.29 is 14.3 Å². The second-order valence-corrected chi connectivity index (χ2v) is 3.67. The third kappa shape index (κ3) is 10.9. The van der Waals surface area contributed by atoms with Gasteiger partial charge >= 0.3 is 0 Å². The van der Waals surface area contributed by atoms with E-state index >= 15 is 0 Å². The van der Waals surface area contributed by atoms with E-state index in [0.29, 0.717) is 0 Å². The maximum Gasteiger partial charge on any atom is 0.121 e. The fourth-order valence-corrected chi connectivity index (χ4v) is 1.14. The molecule has 1 aromatic carbocycles. The summed E-state index contributed by atoms with van der Waals surface area (Å²) in [4.78, 5) is 16.0. The third-order valence-electron chi connectivity index (χ3n) is 1.89. The van der Waals surface area contributed by atoms with Gasteiger partial charge in [0.2, 0.25) is 0 Å². The lowest BCUT2D eigenvalue weighted by atomic mass is 10.1. The smallest absolute Gasteiger partial charge is 0.121 e. The van der Waals surface area contributed by atoms with E-state index in [0.717, 1.165) is 16.9 Å². The summed E-state index contributed by atoms with van der Waals surface area (Å²) in [7, 11) is 1.68. The number of ether oxygens (including phenoxy) is 1. The van der Waals surface area contributed by atoms with Gasteiger partial charge in [0.15, 0.2) is 0 Å². The minimum Gasteiger partial charge on any atom is -0.496 e. The number of carbonyl (C=O) groups excluding carboxylic acids is 2. The van der Waals surface area contributed by atoms with E-state index in [9.17, 15) is 0 Å². The Morgan fingerprint density at radius 2 is 1.58 bits per heavy atom. The number of allylic oxidation sites excluding steroid dienone is 1. The molecular formula is C16H26O3. The molecule has 0 fully saturated rings. The summed E-state index contributed by atoms with van der Waals surface area (Å²) >= 11 is 0. The summed E-state index contributed by atoms with van der Waals surface area (Å²) in [6.07, 6.45) is 1.25. The molecule has 0 saturated carbocycles. The summed E-state index contributed by atoms with van der Waals surface area (Å²) in [6, 6.07) is 6.08. The zero-order chi connectivity index (χ0) is 15.8. The van der Waals surface area contributed by atoms with Crippen molar-refractivity contribution in [2.24, 2.45) is 0 Å². The van der Waals surface area contributed by atoms with Gasteiger partial charge in [-0.2, -0.15) is 0 Å². The van der Waals surface area contributed by atoms with Crippen LogP contribution in [0.1, 0.15) is 38.3 Å². The molecule has 19 heavy (non-hydrogen) atoms. The van der Waals surface area contributed by atoms with E-state index in [4.69, 9.17) is 14.3 Å². The van der Waals surface area contributed by atoms with Gasteiger partial charge in [-0.05, 0) is 37.1 Å². The van der Waals surface area contributed by atoms with Crippen molar-refractivity contribution in [2.45, 2.75) is 34.1 Å². The fourth-order valence-electron chi connectivity index (χ4n) is 1.14. The highest BCUT2D eigenvalue weighted by atomic mass is 16.5. The van der Waals surface area contributed by atoms with E-state index in [1.165, 1.54) is 12.0 Å². The molecule has 0 saturated heterocycles. The van der Waals surface area contributed by atoms with Crippen LogP contribution in [0.4, 0.5) is 0 Å². The Labute approximate surface area is 117 Å². The maximum atomic E-state index is 8.00. The van der Waals surface area contributed by atoms with Crippen LogP contribution in [0.5, 0.6) is 5.75 Å². The van der Waals surface area contributed by atoms with Crippen LogP contribution in [-0.4, -0.2) is 20.7 Å². The summed E-state index contributed by atoms with van der Waals surface area (Å²) < 4.78 is 5.15. The van der Waals surface area contributed by atoms with Crippen molar-refractivity contribution in [3.05, 3.63) is 35.9 Å². The number of rotatable bonds is 2. The molecule has 3 nitrogen and oxygen atoms in total. The lowest BCUT2D eigenvalue weighted by molar-refractivity contribution is -0.0987. The Kier molecular flexibility index (Phi) is 18.9. The van der Waals surface area contributed by atoms with Crippen LogP contribution in [0, 0.1) is 6.92 Å². The van der Waals surface area contributed by atoms with E-state index in [2.05, 4.69) is 26.5 Å². The number of hydrogen-bond donors (Lipinski definition) is 0. The first kappa shape index (κ1) is 22.3. The molecule has 0 aliphatic rings. The summed E-state index contributed by atoms with van der Waals surface area (Å²) in [5.74, 6) is 0.931. The molecule has 1 aromatic rings. The molecule has 0 aromatic heterocycles. The van der Waals surface area contributed by atoms with Gasteiger partial charge in [-0.25, -0.2) is 0 Å². The van der Waals surface area contributed by atoms with Crippen molar-refractivity contribution in [1.29, 1.82) is 0 Å². The summed E-state index contributed by atoms with van der Waals surface area (Å²) in [5.41, 5.74) is 3.41. The van der Waals surface area contributed by atoms with E-state index in [1.54, 1.807) is 7.11 Å². The lowest BCUT2D eigenvalue weighted by Gasteiger charge is -2.06. The molecule has 0 bridgehead atoms. The van der Waals surface area contributed by atoms with Gasteiger partial charge in [0.05, 0.1) is 7.11 Å². The number of benzene rings is 1. The first-order valence-electron chi connectivity index (χ1n) is 5.95. The van der Waals surface area contributed by atoms with Crippen LogP contribution in [0.25, 0.3) is 5.57 Å². The molecule has 0 radical (unpaired) electrons. The Balaban J connectivity index is -0.000000313. The summed E-state index contributed by atoms with van der Waals surface area (Å²) in [5, 5.41) is 0. The van der Waals surface area contributed by atoms with Gasteiger partial charge in [-0.1, -0.05) is 38.5 Å². The zero-order valence-corrected chi connectivity index (χ0v) is 12.8. The average molecular weight is 266 g/mol. The largest absolute Gasteiger partial charge is 0.496 e. The topological polar surface area (TPSA) is 43.4 Å². The van der Waals surface area contributed by atoms with Crippen molar-refractivity contribution in [3.8, 4) is 5.75 Å². The fraction of sp³-hybridized carbons (Fsp3) is 0.375. The van der Waals surface area contributed by atoms with Gasteiger partial charge in [0.1, 0.15) is 19.3 Å². The van der Waals surface area contributed by atoms with Crippen LogP contribution < -0.4 is 4.74 Å². The van der Waals surface area contributed by atoms with Crippen molar-refractivity contribution >= 4 is 19.2 Å². The van der Waals surface area contributed by atoms with Gasteiger partial charge in [0, 0.05) is 0 Å². The highest BCUT2D eigenvalue weighted by molar-refractivity contribution is 5.63. The molecule has 0 unspecified atom stereocenters. The molecule has 0 spiro atoms. The van der Waals surface area contributed by atoms with Crippen molar-refractivity contribution in [1.82, 2.24) is 0 Å². The molecule has 1 rings (SSSR count). The predicted octanol–water partition coefficient (Wildman–Crippen LogP) is 4.08. The predicted molar refractivity (Wildman–Crippen MR) is 82.6 cm³/mol. The van der Waals surface area contributed by atoms with Crippen LogP contribution in [0.15, 0.2) is 24.8 Å². The van der Waals surface area contributed by atoms with Crippen molar-refractivity contribution in [3.63, 3.8) is 0 Å². The van der Waals surface area contributed by atoms with E-state index in [1.807, 2.05) is 39.6 Å². The lowest BCUT2D eigenvalue weighted by Crippen LogP contribution is -1.88. The van der Waals surface area contributed by atoms with Gasteiger partial charge in [0.25, 0.3) is 0 Å². The summed E-state index contributed by atoms with van der Waals surface area (Å²) in [6.45, 7) is 16.2. The Bertz CT molecular complexity index is 344. The van der Waals surface area contributed by atoms with Crippen LogP contribution in [0.2, 0.25) is 0 Å². The van der Waals surface area contributed by atoms with Gasteiger partial charge in [-0.15, -0.1) is 0 Å². The molecule has 0 atom stereocenters. The average Bonchev–Trinajstić information content (AvgIpc) is 2.44. The van der Waals surface area contributed by atoms with Crippen LogP contribution in [0.3, 0.4) is 0 Å². The van der Waals surface area contributed by atoms with Crippen molar-refractivity contribution in [2.75, 3.05) is 7.11 Å². The zero-order valence-electron chi connectivity index (χ0n) is 12.8. The van der Waals surface area contributed by atoms with Gasteiger partial charge in [-0.3, -0.25) is 0 Å². The first-order valence-corrected chi connectivity index (χ1v) is 5.95. The van der Waals surface area contributed by atoms with Crippen LogP contribution >= 0.6 is 0 Å². The molecule has 3 heteroatoms. The minimum atomic E-state index is 0.931. The molecule has 0 aliphatic heterocycles. The highest BCUT2D eigenvalue weighted by Gasteiger charge is 1.99. The SMILES string of the molecule is C=C(C)c1ccc(OC)c(C)c1.C=O.C=O.CCC. The quantitative estimate of drug-likeness (QED) is 0.810. The minimum absolute atomic E-state index is 0.931. The normalized spacial score (nSPS) is 7.42. The highest BCUT2D eigenvalue weighted by Crippen LogP contribution is 2.21. The Morgan fingerprint density at radius 3 is 1.84 bits per heavy atom. The second-order valence-electron chi connectivity index (χ2n) is 3.67. The molecule has 0 N–H and O–H groups in total. The third-order valence-corrected chi connectivity index (χ3v) is 1.89. The molecule has 0 heterocycles. The van der Waals surface area contributed by atoms with E-state index < -0.39 is 0 Å². The Hall–Kier alpha value is -1.90. The number of methoxy groups -OCH3 is 1. The molecule has 0 aliphatic carbocycles. The van der Waals surface area contributed by atoms with Gasteiger partial charge < -0.3 is 14.3 Å². The van der Waals surface area contributed by atoms with E-state index in [-0.39, 0.29) is 0 Å². The number of hydrogen-bond acceptors (Lipinski definition) is 3. The monoisotopic (exact) mass is 266 g/mol. The maximum absolute atomic E-state index is 8.00. The molecular weight excluding hydrogens is 240 g/mol. The number of aryl methyl sites for hydroxylation is 1. The number of carbonyl (C=O) groups is 2. The standard InChI is InChI=1S/C11H14O.C3H8.2CH2O/c1-8(2)10-5-6-11(12-4)9(3)7-10;1-3-2;2*1-2/h5-7H,1H2,2-4H3;3H2,1-2H3;2*1H2. The Morgan fingerprint density at radius 1 is 1.16 bits per heavy atom. The molecule has 108 valence electrons. The van der Waals surface area contributed by atoms with Crippen LogP contribution in [-0.2, 0) is 9.59 Å².